The summed E-state index contributed by atoms with van der Waals surface area (Å²) in [5, 5.41) is 4.53. The van der Waals surface area contributed by atoms with Gasteiger partial charge in [0.1, 0.15) is 5.69 Å². The summed E-state index contributed by atoms with van der Waals surface area (Å²) >= 11 is 6.16. The molecule has 1 aromatic heterocycles. The summed E-state index contributed by atoms with van der Waals surface area (Å²) in [6, 6.07) is 4.01. The van der Waals surface area contributed by atoms with Crippen LogP contribution in [0.3, 0.4) is 0 Å². The van der Waals surface area contributed by atoms with Gasteiger partial charge in [0.05, 0.1) is 24.4 Å². The van der Waals surface area contributed by atoms with E-state index in [0.717, 1.165) is 16.7 Å². The van der Waals surface area contributed by atoms with Crippen LogP contribution in [0.5, 0.6) is 0 Å². The van der Waals surface area contributed by atoms with Crippen LogP contribution in [0, 0.1) is 20.8 Å². The molecule has 0 radical (unpaired) electrons. The summed E-state index contributed by atoms with van der Waals surface area (Å²) in [4.78, 5) is 12.9. The van der Waals surface area contributed by atoms with Crippen molar-refractivity contribution in [2.75, 3.05) is 13.7 Å². The molecule has 2 rings (SSSR count). The molecule has 0 unspecified atom stereocenters. The normalized spacial score (nSPS) is 10.9. The van der Waals surface area contributed by atoms with Crippen LogP contribution in [0.4, 0.5) is 0 Å². The average Bonchev–Trinajstić information content (AvgIpc) is 2.76. The Morgan fingerprint density at radius 3 is 2.48 bits per heavy atom. The van der Waals surface area contributed by atoms with Crippen LogP contribution in [0.15, 0.2) is 18.3 Å². The van der Waals surface area contributed by atoms with Crippen molar-refractivity contribution in [1.29, 1.82) is 0 Å². The highest BCUT2D eigenvalue weighted by atomic mass is 35.5. The molecule has 112 valence electrons. The lowest BCUT2D eigenvalue weighted by Crippen LogP contribution is -2.16. The molecule has 0 N–H and O–H groups in total. The molecule has 0 atom stereocenters. The number of hydrogen-bond acceptors (Lipinski definition) is 3. The number of benzene rings is 1. The summed E-state index contributed by atoms with van der Waals surface area (Å²) in [6.07, 6.45) is 1.50. The first-order valence-corrected chi connectivity index (χ1v) is 7.16. The third kappa shape index (κ3) is 3.17. The summed E-state index contributed by atoms with van der Waals surface area (Å²) < 4.78 is 6.65. The third-order valence-electron chi connectivity index (χ3n) is 3.42. The molecule has 0 bridgehead atoms. The first kappa shape index (κ1) is 15.7. The van der Waals surface area contributed by atoms with E-state index < -0.39 is 0 Å². The Bertz CT molecular complexity index is 654. The molecule has 0 aliphatic rings. The van der Waals surface area contributed by atoms with Crippen LogP contribution in [-0.2, 0) is 11.3 Å². The van der Waals surface area contributed by atoms with Gasteiger partial charge in [-0.1, -0.05) is 29.3 Å². The van der Waals surface area contributed by atoms with Gasteiger partial charge in [-0.2, -0.15) is 5.10 Å². The molecular weight excluding hydrogens is 288 g/mol. The number of ketones is 1. The Morgan fingerprint density at radius 1 is 1.29 bits per heavy atom. The maximum atomic E-state index is 12.9. The number of carbonyl (C=O) groups is 1. The molecule has 5 heteroatoms. The van der Waals surface area contributed by atoms with E-state index in [9.17, 15) is 4.79 Å². The van der Waals surface area contributed by atoms with Crippen LogP contribution in [-0.4, -0.2) is 29.3 Å². The van der Waals surface area contributed by atoms with Gasteiger partial charge >= 0.3 is 0 Å². The summed E-state index contributed by atoms with van der Waals surface area (Å²) in [5.74, 6) is -0.0939. The van der Waals surface area contributed by atoms with Crippen LogP contribution >= 0.6 is 11.6 Å². The number of aromatic nitrogens is 2. The second-order valence-electron chi connectivity index (χ2n) is 5.16. The number of carbonyl (C=O) groups excluding carboxylic acids is 1. The highest BCUT2D eigenvalue weighted by Gasteiger charge is 2.22. The van der Waals surface area contributed by atoms with Gasteiger partial charge in [0.2, 0.25) is 5.78 Å². The Hall–Kier alpha value is -1.65. The Morgan fingerprint density at radius 2 is 1.90 bits per heavy atom. The minimum atomic E-state index is -0.0939. The molecule has 21 heavy (non-hydrogen) atoms. The van der Waals surface area contributed by atoms with Crippen LogP contribution in [0.2, 0.25) is 5.02 Å². The first-order valence-electron chi connectivity index (χ1n) is 6.78. The molecule has 1 heterocycles. The maximum Gasteiger partial charge on any atom is 0.213 e. The molecule has 0 fully saturated rings. The Kier molecular flexibility index (Phi) is 4.80. The summed E-state index contributed by atoms with van der Waals surface area (Å²) in [6.45, 7) is 6.87. The van der Waals surface area contributed by atoms with Gasteiger partial charge in [-0.3, -0.25) is 9.48 Å². The second-order valence-corrected chi connectivity index (χ2v) is 5.57. The average molecular weight is 307 g/mol. The lowest BCUT2D eigenvalue weighted by atomic mass is 9.95. The van der Waals surface area contributed by atoms with Gasteiger partial charge in [-0.15, -0.1) is 0 Å². The zero-order chi connectivity index (χ0) is 15.6. The zero-order valence-corrected chi connectivity index (χ0v) is 13.5. The Labute approximate surface area is 129 Å². The molecule has 0 saturated heterocycles. The topological polar surface area (TPSA) is 44.1 Å². The lowest BCUT2D eigenvalue weighted by molar-refractivity contribution is 0.102. The van der Waals surface area contributed by atoms with Crippen LogP contribution < -0.4 is 0 Å². The van der Waals surface area contributed by atoms with E-state index in [1.54, 1.807) is 11.8 Å². The van der Waals surface area contributed by atoms with E-state index in [1.165, 1.54) is 6.20 Å². The monoisotopic (exact) mass is 306 g/mol. The van der Waals surface area contributed by atoms with Crippen molar-refractivity contribution in [3.63, 3.8) is 0 Å². The number of rotatable bonds is 5. The quantitative estimate of drug-likeness (QED) is 0.796. The van der Waals surface area contributed by atoms with E-state index in [1.807, 2.05) is 32.9 Å². The fourth-order valence-corrected chi connectivity index (χ4v) is 2.82. The largest absolute Gasteiger partial charge is 0.383 e. The predicted molar refractivity (Wildman–Crippen MR) is 83.2 cm³/mol. The molecule has 0 aliphatic heterocycles. The number of halogens is 1. The second kappa shape index (κ2) is 6.41. The van der Waals surface area contributed by atoms with E-state index in [-0.39, 0.29) is 5.78 Å². The first-order chi connectivity index (χ1) is 9.95. The fourth-order valence-electron chi connectivity index (χ4n) is 2.59. The van der Waals surface area contributed by atoms with Crippen molar-refractivity contribution in [1.82, 2.24) is 9.78 Å². The van der Waals surface area contributed by atoms with Gasteiger partial charge in [0.15, 0.2) is 0 Å². The van der Waals surface area contributed by atoms with Crippen molar-refractivity contribution in [2.45, 2.75) is 27.3 Å². The van der Waals surface area contributed by atoms with Crippen LogP contribution in [0.25, 0.3) is 0 Å². The molecule has 4 nitrogen and oxygen atoms in total. The number of nitrogens with zero attached hydrogens (tertiary/aromatic N) is 2. The molecule has 0 amide bonds. The molecular formula is C16H19ClN2O2. The molecule has 0 saturated carbocycles. The van der Waals surface area contributed by atoms with E-state index in [4.69, 9.17) is 16.3 Å². The highest BCUT2D eigenvalue weighted by Crippen LogP contribution is 2.24. The SMILES string of the molecule is COCCn1ncc(Cl)c1C(=O)c1c(C)cc(C)cc1C. The van der Waals surface area contributed by atoms with Gasteiger partial charge in [0, 0.05) is 12.7 Å². The Balaban J connectivity index is 2.48. The van der Waals surface area contributed by atoms with Crippen molar-refractivity contribution in [3.8, 4) is 0 Å². The zero-order valence-electron chi connectivity index (χ0n) is 12.7. The van der Waals surface area contributed by atoms with Gasteiger partial charge < -0.3 is 4.74 Å². The van der Waals surface area contributed by atoms with E-state index in [2.05, 4.69) is 5.10 Å². The van der Waals surface area contributed by atoms with Gasteiger partial charge in [-0.25, -0.2) is 0 Å². The maximum absolute atomic E-state index is 12.9. The van der Waals surface area contributed by atoms with E-state index >= 15 is 0 Å². The molecule has 1 aromatic carbocycles. The highest BCUT2D eigenvalue weighted by molar-refractivity contribution is 6.34. The van der Waals surface area contributed by atoms with Crippen molar-refractivity contribution in [3.05, 3.63) is 51.3 Å². The fraction of sp³-hybridized carbons (Fsp3) is 0.375. The smallest absolute Gasteiger partial charge is 0.213 e. The third-order valence-corrected chi connectivity index (χ3v) is 3.70. The number of methoxy groups -OCH3 is 1. The van der Waals surface area contributed by atoms with Crippen LogP contribution in [0.1, 0.15) is 32.7 Å². The minimum absolute atomic E-state index is 0.0939. The van der Waals surface area contributed by atoms with E-state index in [0.29, 0.717) is 29.4 Å². The molecule has 2 aromatic rings. The minimum Gasteiger partial charge on any atom is -0.383 e. The van der Waals surface area contributed by atoms with Crippen molar-refractivity contribution >= 4 is 17.4 Å². The van der Waals surface area contributed by atoms with Gasteiger partial charge in [0.25, 0.3) is 0 Å². The summed E-state index contributed by atoms with van der Waals surface area (Å²) in [7, 11) is 1.61. The molecule has 0 spiro atoms. The lowest BCUT2D eigenvalue weighted by Gasteiger charge is -2.12. The number of hydrogen-bond donors (Lipinski definition) is 0. The predicted octanol–water partition coefficient (Wildman–Crippen LogP) is 3.34. The standard InChI is InChI=1S/C16H19ClN2O2/c1-10-7-11(2)14(12(3)8-10)16(20)15-13(17)9-18-19(15)5-6-21-4/h7-9H,5-6H2,1-4H3. The van der Waals surface area contributed by atoms with Gasteiger partial charge in [-0.05, 0) is 31.9 Å². The molecule has 0 aliphatic carbocycles. The number of aryl methyl sites for hydroxylation is 3. The van der Waals surface area contributed by atoms with Crippen molar-refractivity contribution < 1.29 is 9.53 Å². The summed E-state index contributed by atoms with van der Waals surface area (Å²) in [5.41, 5.74) is 4.16. The number of ether oxygens (including phenoxy) is 1. The van der Waals surface area contributed by atoms with Crippen molar-refractivity contribution in [2.24, 2.45) is 0 Å².